The molecule has 0 saturated heterocycles. The van der Waals surface area contributed by atoms with Crippen LogP contribution in [0.25, 0.3) is 0 Å². The number of rotatable bonds is 3. The van der Waals surface area contributed by atoms with Crippen LogP contribution in [0.2, 0.25) is 0 Å². The molecule has 0 saturated carbocycles. The van der Waals surface area contributed by atoms with Crippen molar-refractivity contribution in [1.82, 2.24) is 9.78 Å². The molecular formula is C7H9F3N4O. The highest BCUT2D eigenvalue weighted by Crippen LogP contribution is 2.28. The first kappa shape index (κ1) is 11.5. The monoisotopic (exact) mass is 222 g/mol. The summed E-state index contributed by atoms with van der Waals surface area (Å²) in [6, 6.07) is 0.609. The molecule has 0 bridgehead atoms. The molecule has 1 rings (SSSR count). The quantitative estimate of drug-likeness (QED) is 0.752. The van der Waals surface area contributed by atoms with Crippen molar-refractivity contribution in [2.75, 3.05) is 6.54 Å². The molecule has 84 valence electrons. The summed E-state index contributed by atoms with van der Waals surface area (Å²) in [7, 11) is 0. The number of carbonyl (C=O) groups excluding carboxylic acids is 1. The van der Waals surface area contributed by atoms with Gasteiger partial charge < -0.3 is 11.5 Å². The van der Waals surface area contributed by atoms with E-state index in [1.165, 1.54) is 0 Å². The minimum absolute atomic E-state index is 0.00829. The molecule has 1 aromatic rings. The van der Waals surface area contributed by atoms with Gasteiger partial charge in [0, 0.05) is 12.6 Å². The minimum Gasteiger partial charge on any atom is -0.364 e. The topological polar surface area (TPSA) is 86.9 Å². The van der Waals surface area contributed by atoms with Gasteiger partial charge >= 0.3 is 6.18 Å². The van der Waals surface area contributed by atoms with E-state index in [4.69, 9.17) is 11.5 Å². The van der Waals surface area contributed by atoms with Crippen LogP contribution in [-0.4, -0.2) is 22.2 Å². The second-order valence-corrected chi connectivity index (χ2v) is 2.79. The number of amides is 1. The fourth-order valence-electron chi connectivity index (χ4n) is 1.05. The highest BCUT2D eigenvalue weighted by molar-refractivity contribution is 5.91. The van der Waals surface area contributed by atoms with E-state index in [-0.39, 0.29) is 18.8 Å². The molecule has 0 radical (unpaired) electrons. The zero-order valence-electron chi connectivity index (χ0n) is 7.58. The molecule has 0 fully saturated rings. The Bertz CT molecular complexity index is 371. The molecule has 1 heterocycles. The van der Waals surface area contributed by atoms with E-state index < -0.39 is 17.8 Å². The van der Waals surface area contributed by atoms with Crippen LogP contribution in [0.3, 0.4) is 0 Å². The Balaban J connectivity index is 3.15. The van der Waals surface area contributed by atoms with Gasteiger partial charge in [-0.3, -0.25) is 9.48 Å². The van der Waals surface area contributed by atoms with Gasteiger partial charge in [-0.2, -0.15) is 18.3 Å². The Kier molecular flexibility index (Phi) is 2.98. The van der Waals surface area contributed by atoms with Gasteiger partial charge in [0.15, 0.2) is 5.69 Å². The van der Waals surface area contributed by atoms with E-state index in [9.17, 15) is 18.0 Å². The van der Waals surface area contributed by atoms with Crippen molar-refractivity contribution in [2.45, 2.75) is 12.7 Å². The van der Waals surface area contributed by atoms with Gasteiger partial charge in [-0.15, -0.1) is 0 Å². The molecule has 4 N–H and O–H groups in total. The molecule has 8 heteroatoms. The number of carbonyl (C=O) groups is 1. The van der Waals surface area contributed by atoms with E-state index in [0.717, 1.165) is 4.68 Å². The number of hydrogen-bond donors (Lipinski definition) is 2. The Hall–Kier alpha value is -1.57. The van der Waals surface area contributed by atoms with Gasteiger partial charge in [-0.1, -0.05) is 0 Å². The Morgan fingerprint density at radius 2 is 2.13 bits per heavy atom. The van der Waals surface area contributed by atoms with Crippen LogP contribution in [0.5, 0.6) is 0 Å². The summed E-state index contributed by atoms with van der Waals surface area (Å²) in [6.45, 7) is 0.0770. The normalized spacial score (nSPS) is 11.7. The third-order valence-electron chi connectivity index (χ3n) is 1.66. The summed E-state index contributed by atoms with van der Waals surface area (Å²) in [5, 5.41) is 3.20. The molecular weight excluding hydrogens is 213 g/mol. The van der Waals surface area contributed by atoms with Crippen molar-refractivity contribution in [1.29, 1.82) is 0 Å². The molecule has 0 aliphatic heterocycles. The summed E-state index contributed by atoms with van der Waals surface area (Å²) in [6.07, 6.45) is -4.59. The maximum Gasteiger partial charge on any atom is 0.435 e. The molecule has 5 nitrogen and oxygen atoms in total. The summed E-state index contributed by atoms with van der Waals surface area (Å²) < 4.78 is 37.5. The van der Waals surface area contributed by atoms with E-state index in [0.29, 0.717) is 6.07 Å². The summed E-state index contributed by atoms with van der Waals surface area (Å²) in [5.74, 6) is -0.966. The molecule has 0 aliphatic carbocycles. The van der Waals surface area contributed by atoms with E-state index in [1.807, 2.05) is 0 Å². The van der Waals surface area contributed by atoms with Crippen molar-refractivity contribution in [3.8, 4) is 0 Å². The number of hydrogen-bond acceptors (Lipinski definition) is 3. The fourth-order valence-corrected chi connectivity index (χ4v) is 1.05. The first-order valence-corrected chi connectivity index (χ1v) is 4.01. The van der Waals surface area contributed by atoms with Crippen LogP contribution < -0.4 is 11.5 Å². The molecule has 0 unspecified atom stereocenters. The van der Waals surface area contributed by atoms with Crippen molar-refractivity contribution < 1.29 is 18.0 Å². The summed E-state index contributed by atoms with van der Waals surface area (Å²) in [4.78, 5) is 10.8. The lowest BCUT2D eigenvalue weighted by molar-refractivity contribution is -0.141. The second-order valence-electron chi connectivity index (χ2n) is 2.79. The molecule has 1 amide bonds. The van der Waals surface area contributed by atoms with Gasteiger partial charge in [-0.25, -0.2) is 0 Å². The number of nitrogens with two attached hydrogens (primary N) is 2. The SMILES string of the molecule is NCCn1nc(C(F)(F)F)cc1C(N)=O. The Morgan fingerprint density at radius 1 is 1.53 bits per heavy atom. The van der Waals surface area contributed by atoms with Crippen LogP contribution in [0.4, 0.5) is 13.2 Å². The smallest absolute Gasteiger partial charge is 0.364 e. The standard InChI is InChI=1S/C7H9F3N4O/c8-7(9,10)5-3-4(6(12)15)14(13-5)2-1-11/h3H,1-2,11H2,(H2,12,15). The van der Waals surface area contributed by atoms with Crippen molar-refractivity contribution in [3.63, 3.8) is 0 Å². The molecule has 0 aliphatic rings. The zero-order chi connectivity index (χ0) is 11.6. The van der Waals surface area contributed by atoms with Gasteiger partial charge in [0.25, 0.3) is 5.91 Å². The van der Waals surface area contributed by atoms with Gasteiger partial charge in [0.2, 0.25) is 0 Å². The predicted molar refractivity (Wildman–Crippen MR) is 44.8 cm³/mol. The largest absolute Gasteiger partial charge is 0.435 e. The van der Waals surface area contributed by atoms with Crippen LogP contribution in [0.1, 0.15) is 16.2 Å². The molecule has 15 heavy (non-hydrogen) atoms. The molecule has 0 spiro atoms. The van der Waals surface area contributed by atoms with Crippen molar-refractivity contribution in [3.05, 3.63) is 17.5 Å². The Labute approximate surface area is 82.8 Å². The van der Waals surface area contributed by atoms with E-state index >= 15 is 0 Å². The maximum absolute atomic E-state index is 12.2. The fraction of sp³-hybridized carbons (Fsp3) is 0.429. The highest BCUT2D eigenvalue weighted by Gasteiger charge is 2.35. The number of nitrogens with zero attached hydrogens (tertiary/aromatic N) is 2. The molecule has 0 aromatic carbocycles. The number of alkyl halides is 3. The molecule has 1 aromatic heterocycles. The molecule has 0 atom stereocenters. The first-order valence-electron chi connectivity index (χ1n) is 4.01. The second kappa shape index (κ2) is 3.89. The number of aromatic nitrogens is 2. The maximum atomic E-state index is 12.2. The summed E-state index contributed by atoms with van der Waals surface area (Å²) >= 11 is 0. The lowest BCUT2D eigenvalue weighted by atomic mass is 10.3. The van der Waals surface area contributed by atoms with Gasteiger partial charge in [0.05, 0.1) is 6.54 Å². The van der Waals surface area contributed by atoms with Gasteiger partial charge in [0.1, 0.15) is 5.69 Å². The third kappa shape index (κ3) is 2.46. The predicted octanol–water partition coefficient (Wildman–Crippen LogP) is -0.0405. The lowest BCUT2D eigenvalue weighted by Crippen LogP contribution is -2.20. The van der Waals surface area contributed by atoms with Gasteiger partial charge in [-0.05, 0) is 0 Å². The number of primary amides is 1. The first-order chi connectivity index (χ1) is 6.86. The summed E-state index contributed by atoms with van der Waals surface area (Å²) in [5.41, 5.74) is 8.60. The average Bonchev–Trinajstić information content (AvgIpc) is 2.48. The van der Waals surface area contributed by atoms with Crippen LogP contribution >= 0.6 is 0 Å². The lowest BCUT2D eigenvalue weighted by Gasteiger charge is -2.02. The highest BCUT2D eigenvalue weighted by atomic mass is 19.4. The van der Waals surface area contributed by atoms with Crippen LogP contribution in [0.15, 0.2) is 6.07 Å². The van der Waals surface area contributed by atoms with Crippen molar-refractivity contribution >= 4 is 5.91 Å². The average molecular weight is 222 g/mol. The Morgan fingerprint density at radius 3 is 2.53 bits per heavy atom. The minimum atomic E-state index is -4.59. The zero-order valence-corrected chi connectivity index (χ0v) is 7.58. The van der Waals surface area contributed by atoms with Crippen LogP contribution in [-0.2, 0) is 12.7 Å². The van der Waals surface area contributed by atoms with Crippen molar-refractivity contribution in [2.24, 2.45) is 11.5 Å². The van der Waals surface area contributed by atoms with E-state index in [1.54, 1.807) is 0 Å². The number of halogens is 3. The third-order valence-corrected chi connectivity index (χ3v) is 1.66. The van der Waals surface area contributed by atoms with E-state index in [2.05, 4.69) is 5.10 Å². The van der Waals surface area contributed by atoms with Crippen LogP contribution in [0, 0.1) is 0 Å².